The molecule has 1 heterocycles. The van der Waals surface area contributed by atoms with E-state index in [1.54, 1.807) is 10.7 Å². The maximum absolute atomic E-state index is 10.8. The zero-order valence-corrected chi connectivity index (χ0v) is 8.25. The molecule has 0 atom stereocenters. The van der Waals surface area contributed by atoms with Crippen molar-refractivity contribution in [1.82, 2.24) is 9.78 Å². The first-order valence-electron chi connectivity index (χ1n) is 4.50. The number of aromatic nitrogens is 2. The Balaban J connectivity index is 2.52. The van der Waals surface area contributed by atoms with E-state index in [0.717, 1.165) is 12.0 Å². The van der Waals surface area contributed by atoms with Crippen LogP contribution in [0.3, 0.4) is 0 Å². The number of hydrogen-bond acceptors (Lipinski definition) is 3. The fourth-order valence-electron chi connectivity index (χ4n) is 1.33. The topological polar surface area (TPSA) is 44.1 Å². The van der Waals surface area contributed by atoms with Gasteiger partial charge in [-0.3, -0.25) is 4.79 Å². The van der Waals surface area contributed by atoms with Gasteiger partial charge in [0, 0.05) is 6.07 Å². The maximum atomic E-state index is 10.8. The summed E-state index contributed by atoms with van der Waals surface area (Å²) in [6.07, 6.45) is 0.752. The fraction of sp³-hybridized carbons (Fsp3) is 0.0909. The van der Waals surface area contributed by atoms with Crippen molar-refractivity contribution in [2.45, 2.75) is 0 Å². The molecule has 0 unspecified atom stereocenters. The molecule has 0 aliphatic carbocycles. The number of methoxy groups -OCH3 is 1. The number of hydrogen-bond donors (Lipinski definition) is 0. The molecule has 15 heavy (non-hydrogen) atoms. The Kier molecular flexibility index (Phi) is 2.49. The van der Waals surface area contributed by atoms with Crippen LogP contribution in [-0.4, -0.2) is 23.2 Å². The van der Waals surface area contributed by atoms with Crippen LogP contribution >= 0.6 is 0 Å². The summed E-state index contributed by atoms with van der Waals surface area (Å²) in [7, 11) is 1.52. The molecule has 0 radical (unpaired) electrons. The van der Waals surface area contributed by atoms with Crippen molar-refractivity contribution in [3.8, 4) is 11.6 Å². The number of para-hydroxylation sites is 1. The van der Waals surface area contributed by atoms with Crippen LogP contribution in [0.15, 0.2) is 36.4 Å². The Bertz CT molecular complexity index is 463. The number of carbonyl (C=O) groups excluding carboxylic acids is 1. The number of ether oxygens (including phenoxy) is 1. The molecule has 0 saturated carbocycles. The number of rotatable bonds is 3. The summed E-state index contributed by atoms with van der Waals surface area (Å²) in [5, 5.41) is 4.13. The highest BCUT2D eigenvalue weighted by molar-refractivity contribution is 5.74. The quantitative estimate of drug-likeness (QED) is 0.711. The van der Waals surface area contributed by atoms with Crippen molar-refractivity contribution in [1.29, 1.82) is 0 Å². The molecule has 0 aliphatic heterocycles. The van der Waals surface area contributed by atoms with E-state index in [0.29, 0.717) is 11.6 Å². The van der Waals surface area contributed by atoms with E-state index in [1.807, 2.05) is 30.3 Å². The lowest BCUT2D eigenvalue weighted by Gasteiger charge is -2.01. The summed E-state index contributed by atoms with van der Waals surface area (Å²) in [4.78, 5) is 10.8. The van der Waals surface area contributed by atoms with Crippen molar-refractivity contribution in [2.24, 2.45) is 0 Å². The van der Waals surface area contributed by atoms with Gasteiger partial charge in [-0.2, -0.15) is 0 Å². The smallest absolute Gasteiger partial charge is 0.233 e. The first kappa shape index (κ1) is 9.45. The molecule has 1 aromatic carbocycles. The summed E-state index contributed by atoms with van der Waals surface area (Å²) in [5.74, 6) is 0.431. The lowest BCUT2D eigenvalue weighted by atomic mass is 10.3. The van der Waals surface area contributed by atoms with Crippen LogP contribution in [0.2, 0.25) is 0 Å². The number of aldehydes is 1. The van der Waals surface area contributed by atoms with Gasteiger partial charge in [0.15, 0.2) is 6.29 Å². The van der Waals surface area contributed by atoms with Gasteiger partial charge >= 0.3 is 0 Å². The van der Waals surface area contributed by atoms with Crippen molar-refractivity contribution in [3.63, 3.8) is 0 Å². The van der Waals surface area contributed by atoms with Crippen molar-refractivity contribution in [3.05, 3.63) is 42.1 Å². The number of nitrogens with zero attached hydrogens (tertiary/aromatic N) is 2. The maximum Gasteiger partial charge on any atom is 0.233 e. The molecule has 2 rings (SSSR count). The molecule has 0 spiro atoms. The molecule has 0 N–H and O–H groups in total. The Labute approximate surface area is 87.1 Å². The molecule has 0 saturated heterocycles. The minimum absolute atomic E-state index is 0.431. The van der Waals surface area contributed by atoms with E-state index in [-0.39, 0.29) is 0 Å². The molecule has 4 heteroatoms. The van der Waals surface area contributed by atoms with Gasteiger partial charge in [-0.25, -0.2) is 4.68 Å². The van der Waals surface area contributed by atoms with E-state index < -0.39 is 0 Å². The molecule has 4 nitrogen and oxygen atoms in total. The van der Waals surface area contributed by atoms with Crippen LogP contribution in [0.25, 0.3) is 5.69 Å². The van der Waals surface area contributed by atoms with Crippen molar-refractivity contribution in [2.75, 3.05) is 7.11 Å². The van der Waals surface area contributed by atoms with Crippen LogP contribution in [0, 0.1) is 0 Å². The summed E-state index contributed by atoms with van der Waals surface area (Å²) in [6, 6.07) is 11.0. The molecule has 1 aromatic heterocycles. The van der Waals surface area contributed by atoms with Crippen molar-refractivity contribution >= 4 is 6.29 Å². The van der Waals surface area contributed by atoms with Crippen LogP contribution in [0.4, 0.5) is 0 Å². The van der Waals surface area contributed by atoms with E-state index >= 15 is 0 Å². The molecule has 76 valence electrons. The molecule has 0 amide bonds. The summed E-state index contributed by atoms with van der Waals surface area (Å²) in [6.45, 7) is 0. The average Bonchev–Trinajstić information content (AvgIpc) is 2.73. The Morgan fingerprint density at radius 1 is 1.33 bits per heavy atom. The molecular formula is C11H10N2O2. The molecule has 0 fully saturated rings. The van der Waals surface area contributed by atoms with Gasteiger partial charge in [-0.05, 0) is 12.1 Å². The summed E-state index contributed by atoms with van der Waals surface area (Å²) < 4.78 is 6.52. The summed E-state index contributed by atoms with van der Waals surface area (Å²) >= 11 is 0. The third-order valence-electron chi connectivity index (χ3n) is 2.05. The lowest BCUT2D eigenvalue weighted by Crippen LogP contribution is -2.00. The first-order chi connectivity index (χ1) is 7.35. The highest BCUT2D eigenvalue weighted by Gasteiger charge is 2.08. The Hall–Kier alpha value is -2.10. The van der Waals surface area contributed by atoms with Gasteiger partial charge in [0.1, 0.15) is 5.69 Å². The molecule has 2 aromatic rings. The number of carbonyl (C=O) groups is 1. The third-order valence-corrected chi connectivity index (χ3v) is 2.05. The van der Waals surface area contributed by atoms with E-state index in [4.69, 9.17) is 4.74 Å². The minimum Gasteiger partial charge on any atom is -0.480 e. The van der Waals surface area contributed by atoms with Gasteiger partial charge in [0.2, 0.25) is 5.88 Å². The van der Waals surface area contributed by atoms with E-state index in [2.05, 4.69) is 5.10 Å². The molecular weight excluding hydrogens is 192 g/mol. The lowest BCUT2D eigenvalue weighted by molar-refractivity contribution is 0.111. The third kappa shape index (κ3) is 1.74. The monoisotopic (exact) mass is 202 g/mol. The van der Waals surface area contributed by atoms with Gasteiger partial charge < -0.3 is 4.74 Å². The fourth-order valence-corrected chi connectivity index (χ4v) is 1.33. The largest absolute Gasteiger partial charge is 0.480 e. The van der Waals surface area contributed by atoms with Crippen LogP contribution in [0.5, 0.6) is 5.88 Å². The highest BCUT2D eigenvalue weighted by Crippen LogP contribution is 2.15. The normalized spacial score (nSPS) is 9.93. The van der Waals surface area contributed by atoms with Gasteiger partial charge in [0.05, 0.1) is 12.8 Å². The van der Waals surface area contributed by atoms with Gasteiger partial charge in [-0.1, -0.05) is 18.2 Å². The number of benzene rings is 1. The van der Waals surface area contributed by atoms with Gasteiger partial charge in [0.25, 0.3) is 0 Å². The molecule has 0 bridgehead atoms. The average molecular weight is 202 g/mol. The second kappa shape index (κ2) is 3.96. The zero-order valence-electron chi connectivity index (χ0n) is 8.25. The SMILES string of the molecule is COc1cc(C=O)n(-c2ccccc2)n1. The highest BCUT2D eigenvalue weighted by atomic mass is 16.5. The zero-order chi connectivity index (χ0) is 10.7. The van der Waals surface area contributed by atoms with Crippen LogP contribution < -0.4 is 4.74 Å². The first-order valence-corrected chi connectivity index (χ1v) is 4.50. The second-order valence-corrected chi connectivity index (χ2v) is 2.98. The second-order valence-electron chi connectivity index (χ2n) is 2.98. The summed E-state index contributed by atoms with van der Waals surface area (Å²) in [5.41, 5.74) is 1.31. The van der Waals surface area contributed by atoms with Gasteiger partial charge in [-0.15, -0.1) is 5.10 Å². The van der Waals surface area contributed by atoms with Crippen LogP contribution in [0.1, 0.15) is 10.5 Å². The Morgan fingerprint density at radius 2 is 2.07 bits per heavy atom. The Morgan fingerprint density at radius 3 is 2.67 bits per heavy atom. The standard InChI is InChI=1S/C11H10N2O2/c1-15-11-7-10(8-14)13(12-11)9-5-3-2-4-6-9/h2-8H,1H3. The van der Waals surface area contributed by atoms with Crippen LogP contribution in [-0.2, 0) is 0 Å². The van der Waals surface area contributed by atoms with E-state index in [1.165, 1.54) is 7.11 Å². The van der Waals surface area contributed by atoms with Crippen molar-refractivity contribution < 1.29 is 9.53 Å². The predicted octanol–water partition coefficient (Wildman–Crippen LogP) is 1.69. The predicted molar refractivity (Wildman–Crippen MR) is 55.5 cm³/mol. The van der Waals surface area contributed by atoms with E-state index in [9.17, 15) is 4.79 Å². The molecule has 0 aliphatic rings. The minimum atomic E-state index is 0.431.